The zero-order valence-corrected chi connectivity index (χ0v) is 18.0. The lowest BCUT2D eigenvalue weighted by Gasteiger charge is -2.12. The molecule has 0 aliphatic rings. The van der Waals surface area contributed by atoms with Crippen molar-refractivity contribution in [1.29, 1.82) is 0 Å². The van der Waals surface area contributed by atoms with Gasteiger partial charge in [-0.05, 0) is 69.4 Å². The fraction of sp³-hybridized carbons (Fsp3) is 0. The lowest BCUT2D eigenvalue weighted by atomic mass is 9.97. The van der Waals surface area contributed by atoms with Crippen LogP contribution in [0.25, 0.3) is 38.8 Å². The number of benzene rings is 5. The van der Waals surface area contributed by atoms with Gasteiger partial charge < -0.3 is 10.5 Å². The summed E-state index contributed by atoms with van der Waals surface area (Å²) in [6.45, 7) is 4.07. The summed E-state index contributed by atoms with van der Waals surface area (Å²) >= 11 is 0. The van der Waals surface area contributed by atoms with E-state index in [0.717, 1.165) is 38.6 Å². The van der Waals surface area contributed by atoms with Gasteiger partial charge in [0.25, 0.3) is 0 Å². The predicted molar refractivity (Wildman–Crippen MR) is 135 cm³/mol. The third kappa shape index (κ3) is 4.35. The minimum atomic E-state index is -0.228. The van der Waals surface area contributed by atoms with E-state index in [1.165, 1.54) is 12.1 Å². The molecule has 0 fully saturated rings. The van der Waals surface area contributed by atoms with Gasteiger partial charge in [0.1, 0.15) is 17.3 Å². The van der Waals surface area contributed by atoms with E-state index >= 15 is 0 Å². The molecule has 0 heterocycles. The van der Waals surface area contributed by atoms with Gasteiger partial charge in [-0.1, -0.05) is 79.4 Å². The molecule has 5 rings (SSSR count). The Bertz CT molecular complexity index is 1450. The Labute approximate surface area is 192 Å². The summed E-state index contributed by atoms with van der Waals surface area (Å²) < 4.78 is 19.1. The van der Waals surface area contributed by atoms with Crippen molar-refractivity contribution in [2.45, 2.75) is 0 Å². The molecular weight excluding hydrogens is 409 g/mol. The summed E-state index contributed by atoms with van der Waals surface area (Å²) in [5.41, 5.74) is 11.8. The highest BCUT2D eigenvalue weighted by molar-refractivity contribution is 5.89. The molecule has 160 valence electrons. The largest absolute Gasteiger partial charge is 0.455 e. The van der Waals surface area contributed by atoms with Crippen LogP contribution >= 0.6 is 0 Å². The molecule has 5 aromatic carbocycles. The molecule has 33 heavy (non-hydrogen) atoms. The standard InChI is InChI=1S/C30H22FNO/c1-20(33-30-5-3-2-4-29(30)32)24-10-11-27-19-25(12-13-26(27)18-24)23-8-6-21(7-9-23)22-14-16-28(31)17-15-22/h2-19H,1,32H2. The van der Waals surface area contributed by atoms with Crippen LogP contribution in [0.2, 0.25) is 0 Å². The molecule has 0 aromatic heterocycles. The minimum Gasteiger partial charge on any atom is -0.455 e. The number of anilines is 1. The first-order chi connectivity index (χ1) is 16.1. The van der Waals surface area contributed by atoms with Crippen LogP contribution in [0.1, 0.15) is 5.56 Å². The van der Waals surface area contributed by atoms with E-state index in [1.807, 2.05) is 24.3 Å². The molecule has 0 spiro atoms. The predicted octanol–water partition coefficient (Wildman–Crippen LogP) is 7.94. The lowest BCUT2D eigenvalue weighted by molar-refractivity contribution is 0.519. The van der Waals surface area contributed by atoms with Crippen LogP contribution in [0.3, 0.4) is 0 Å². The Morgan fingerprint density at radius 1 is 0.636 bits per heavy atom. The molecule has 3 heteroatoms. The summed E-state index contributed by atoms with van der Waals surface area (Å²) in [6, 6.07) is 34.8. The maximum Gasteiger partial charge on any atom is 0.150 e. The fourth-order valence-electron chi connectivity index (χ4n) is 3.86. The maximum absolute atomic E-state index is 13.2. The molecule has 0 aliphatic heterocycles. The zero-order valence-electron chi connectivity index (χ0n) is 18.0. The fourth-order valence-corrected chi connectivity index (χ4v) is 3.86. The smallest absolute Gasteiger partial charge is 0.150 e. The van der Waals surface area contributed by atoms with Crippen LogP contribution in [0, 0.1) is 5.82 Å². The van der Waals surface area contributed by atoms with E-state index in [1.54, 1.807) is 18.2 Å². The number of hydrogen-bond donors (Lipinski definition) is 1. The zero-order chi connectivity index (χ0) is 22.8. The number of para-hydroxylation sites is 2. The van der Waals surface area contributed by atoms with Crippen LogP contribution in [-0.2, 0) is 0 Å². The maximum atomic E-state index is 13.2. The lowest BCUT2D eigenvalue weighted by Crippen LogP contribution is -1.97. The number of nitrogens with two attached hydrogens (primary N) is 1. The van der Waals surface area contributed by atoms with Crippen molar-refractivity contribution in [3.63, 3.8) is 0 Å². The van der Waals surface area contributed by atoms with Gasteiger partial charge in [-0.15, -0.1) is 0 Å². The van der Waals surface area contributed by atoms with Gasteiger partial charge in [-0.2, -0.15) is 0 Å². The van der Waals surface area contributed by atoms with Crippen LogP contribution < -0.4 is 10.5 Å². The second kappa shape index (κ2) is 8.64. The number of halogens is 1. The average Bonchev–Trinajstić information content (AvgIpc) is 2.85. The Hall–Kier alpha value is -4.37. The number of ether oxygens (including phenoxy) is 1. The second-order valence-corrected chi connectivity index (χ2v) is 7.92. The highest BCUT2D eigenvalue weighted by Gasteiger charge is 2.07. The number of nitrogen functional groups attached to an aromatic ring is 1. The van der Waals surface area contributed by atoms with Crippen molar-refractivity contribution >= 4 is 22.2 Å². The monoisotopic (exact) mass is 431 g/mol. The first kappa shape index (κ1) is 20.5. The van der Waals surface area contributed by atoms with E-state index in [9.17, 15) is 4.39 Å². The van der Waals surface area contributed by atoms with Gasteiger partial charge in [0.2, 0.25) is 0 Å². The summed E-state index contributed by atoms with van der Waals surface area (Å²) in [4.78, 5) is 0. The van der Waals surface area contributed by atoms with Crippen LogP contribution in [0.4, 0.5) is 10.1 Å². The van der Waals surface area contributed by atoms with Crippen LogP contribution in [-0.4, -0.2) is 0 Å². The Morgan fingerprint density at radius 2 is 1.18 bits per heavy atom. The van der Waals surface area contributed by atoms with Crippen LogP contribution in [0.5, 0.6) is 5.75 Å². The topological polar surface area (TPSA) is 35.2 Å². The highest BCUT2D eigenvalue weighted by atomic mass is 19.1. The van der Waals surface area contributed by atoms with E-state index in [4.69, 9.17) is 10.5 Å². The first-order valence-corrected chi connectivity index (χ1v) is 10.7. The number of rotatable bonds is 5. The van der Waals surface area contributed by atoms with Gasteiger partial charge in [0.15, 0.2) is 0 Å². The van der Waals surface area contributed by atoms with Gasteiger partial charge >= 0.3 is 0 Å². The first-order valence-electron chi connectivity index (χ1n) is 10.7. The van der Waals surface area contributed by atoms with E-state index < -0.39 is 0 Å². The van der Waals surface area contributed by atoms with Crippen molar-refractivity contribution in [2.75, 3.05) is 5.73 Å². The average molecular weight is 432 g/mol. The third-order valence-corrected chi connectivity index (χ3v) is 5.71. The van der Waals surface area contributed by atoms with Gasteiger partial charge in [0.05, 0.1) is 5.69 Å². The van der Waals surface area contributed by atoms with Crippen molar-refractivity contribution in [3.8, 4) is 28.0 Å². The molecule has 0 amide bonds. The van der Waals surface area contributed by atoms with Gasteiger partial charge in [-0.3, -0.25) is 0 Å². The van der Waals surface area contributed by atoms with Crippen molar-refractivity contribution in [2.24, 2.45) is 0 Å². The van der Waals surface area contributed by atoms with Crippen molar-refractivity contribution < 1.29 is 9.13 Å². The normalized spacial score (nSPS) is 10.8. The minimum absolute atomic E-state index is 0.228. The van der Waals surface area contributed by atoms with Crippen LogP contribution in [0.15, 0.2) is 116 Å². The molecule has 0 saturated carbocycles. The van der Waals surface area contributed by atoms with Gasteiger partial charge in [-0.25, -0.2) is 4.39 Å². The van der Waals surface area contributed by atoms with Crippen molar-refractivity contribution in [3.05, 3.63) is 127 Å². The molecule has 0 saturated heterocycles. The van der Waals surface area contributed by atoms with E-state index in [0.29, 0.717) is 17.2 Å². The summed E-state index contributed by atoms with van der Waals surface area (Å²) in [5.74, 6) is 0.923. The number of fused-ring (bicyclic) bond motifs is 1. The Balaban J connectivity index is 1.38. The molecule has 5 aromatic rings. The quantitative estimate of drug-likeness (QED) is 0.226. The summed E-state index contributed by atoms with van der Waals surface area (Å²) in [6.07, 6.45) is 0. The van der Waals surface area contributed by atoms with Gasteiger partial charge in [0, 0.05) is 5.56 Å². The summed E-state index contributed by atoms with van der Waals surface area (Å²) in [5, 5.41) is 2.23. The molecule has 0 aliphatic carbocycles. The van der Waals surface area contributed by atoms with Crippen molar-refractivity contribution in [1.82, 2.24) is 0 Å². The number of hydrogen-bond acceptors (Lipinski definition) is 2. The Morgan fingerprint density at radius 3 is 1.88 bits per heavy atom. The second-order valence-electron chi connectivity index (χ2n) is 7.92. The van der Waals surface area contributed by atoms with E-state index in [2.05, 4.69) is 61.2 Å². The third-order valence-electron chi connectivity index (χ3n) is 5.71. The van der Waals surface area contributed by atoms with E-state index in [-0.39, 0.29) is 5.82 Å². The molecule has 2 N–H and O–H groups in total. The Kier molecular flexibility index (Phi) is 5.37. The molecule has 0 bridgehead atoms. The molecular formula is C30H22FNO. The highest BCUT2D eigenvalue weighted by Crippen LogP contribution is 2.30. The molecule has 2 nitrogen and oxygen atoms in total. The molecule has 0 unspecified atom stereocenters. The summed E-state index contributed by atoms with van der Waals surface area (Å²) in [7, 11) is 0. The SMILES string of the molecule is C=C(Oc1ccccc1N)c1ccc2cc(-c3ccc(-c4ccc(F)cc4)cc3)ccc2c1. The molecule has 0 radical (unpaired) electrons. The molecule has 0 atom stereocenters.